The number of nitrogens with two attached hydrogens (primary N) is 1. The van der Waals surface area contributed by atoms with Gasteiger partial charge in [0.15, 0.2) is 0 Å². The first-order valence-electron chi connectivity index (χ1n) is 6.53. The summed E-state index contributed by atoms with van der Waals surface area (Å²) < 4.78 is 0. The molecule has 0 radical (unpaired) electrons. The predicted molar refractivity (Wildman–Crippen MR) is 61.8 cm³/mol. The van der Waals surface area contributed by atoms with Crippen molar-refractivity contribution in [2.24, 2.45) is 5.73 Å². The quantitative estimate of drug-likeness (QED) is 0.740. The highest BCUT2D eigenvalue weighted by atomic mass is 15.3. The van der Waals surface area contributed by atoms with Crippen LogP contribution in [0.25, 0.3) is 0 Å². The molecular weight excluding hydrogens is 186 g/mol. The third-order valence-electron chi connectivity index (χ3n) is 4.58. The van der Waals surface area contributed by atoms with E-state index in [-0.39, 0.29) is 0 Å². The Morgan fingerprint density at radius 2 is 1.87 bits per heavy atom. The molecule has 2 saturated heterocycles. The minimum Gasteiger partial charge on any atom is -0.329 e. The summed E-state index contributed by atoms with van der Waals surface area (Å²) in [6.07, 6.45) is 6.93. The highest BCUT2D eigenvalue weighted by molar-refractivity contribution is 5.04. The Labute approximate surface area is 92.6 Å². The molecule has 0 spiro atoms. The molecule has 0 amide bonds. The molecular formula is C12H23N3. The van der Waals surface area contributed by atoms with E-state index in [1.54, 1.807) is 0 Å². The molecule has 1 saturated carbocycles. The van der Waals surface area contributed by atoms with E-state index >= 15 is 0 Å². The van der Waals surface area contributed by atoms with Gasteiger partial charge in [0.25, 0.3) is 0 Å². The highest BCUT2D eigenvalue weighted by Crippen LogP contribution is 2.36. The zero-order chi connectivity index (χ0) is 10.3. The molecule has 0 aromatic heterocycles. The van der Waals surface area contributed by atoms with Crippen LogP contribution in [0.1, 0.15) is 32.1 Å². The lowest BCUT2D eigenvalue weighted by atomic mass is 9.97. The van der Waals surface area contributed by atoms with Gasteiger partial charge in [-0.1, -0.05) is 0 Å². The van der Waals surface area contributed by atoms with Gasteiger partial charge in [0, 0.05) is 31.2 Å². The van der Waals surface area contributed by atoms with Crippen molar-refractivity contribution >= 4 is 0 Å². The van der Waals surface area contributed by atoms with Crippen molar-refractivity contribution in [2.45, 2.75) is 43.7 Å². The molecule has 2 aliphatic heterocycles. The maximum atomic E-state index is 6.06. The van der Waals surface area contributed by atoms with E-state index in [0.717, 1.165) is 12.6 Å². The molecule has 1 unspecified atom stereocenters. The van der Waals surface area contributed by atoms with Crippen LogP contribution in [0, 0.1) is 0 Å². The molecule has 3 nitrogen and oxygen atoms in total. The summed E-state index contributed by atoms with van der Waals surface area (Å²) in [5.74, 6) is 0. The molecule has 1 aliphatic carbocycles. The van der Waals surface area contributed by atoms with Crippen LogP contribution in [0.2, 0.25) is 0 Å². The number of hydrogen-bond acceptors (Lipinski definition) is 3. The van der Waals surface area contributed by atoms with Gasteiger partial charge < -0.3 is 5.73 Å². The van der Waals surface area contributed by atoms with Crippen molar-refractivity contribution in [2.75, 3.05) is 32.7 Å². The normalized spacial score (nSPS) is 39.0. The maximum absolute atomic E-state index is 6.06. The second-order valence-electron chi connectivity index (χ2n) is 5.57. The summed E-state index contributed by atoms with van der Waals surface area (Å²) in [7, 11) is 0. The molecule has 86 valence electrons. The van der Waals surface area contributed by atoms with Gasteiger partial charge >= 0.3 is 0 Å². The van der Waals surface area contributed by atoms with Gasteiger partial charge in [-0.3, -0.25) is 9.80 Å². The van der Waals surface area contributed by atoms with E-state index in [0.29, 0.717) is 5.54 Å². The first-order chi connectivity index (χ1) is 7.34. The second kappa shape index (κ2) is 3.72. The van der Waals surface area contributed by atoms with E-state index in [4.69, 9.17) is 5.73 Å². The lowest BCUT2D eigenvalue weighted by Crippen LogP contribution is -2.54. The van der Waals surface area contributed by atoms with Crippen LogP contribution in [0.15, 0.2) is 0 Å². The average molecular weight is 209 g/mol. The number of rotatable bonds is 3. The Hall–Kier alpha value is -0.120. The van der Waals surface area contributed by atoms with Crippen LogP contribution in [0.3, 0.4) is 0 Å². The first-order valence-corrected chi connectivity index (χ1v) is 6.53. The topological polar surface area (TPSA) is 32.5 Å². The SMILES string of the molecule is NCC1(N2CCCC2)CCN(C2CC2)C1. The van der Waals surface area contributed by atoms with Crippen LogP contribution in [-0.2, 0) is 0 Å². The Kier molecular flexibility index (Phi) is 2.49. The van der Waals surface area contributed by atoms with Gasteiger partial charge in [0.05, 0.1) is 0 Å². The Bertz CT molecular complexity index is 233. The zero-order valence-electron chi connectivity index (χ0n) is 9.62. The molecule has 0 aromatic rings. The monoisotopic (exact) mass is 209 g/mol. The molecule has 0 aromatic carbocycles. The third-order valence-corrected chi connectivity index (χ3v) is 4.58. The minimum absolute atomic E-state index is 0.346. The first kappa shape index (κ1) is 10.1. The van der Waals surface area contributed by atoms with Crippen LogP contribution < -0.4 is 5.73 Å². The van der Waals surface area contributed by atoms with Crippen molar-refractivity contribution in [3.05, 3.63) is 0 Å². The largest absolute Gasteiger partial charge is 0.329 e. The molecule has 2 N–H and O–H groups in total. The van der Waals surface area contributed by atoms with Crippen molar-refractivity contribution < 1.29 is 0 Å². The smallest absolute Gasteiger partial charge is 0.0470 e. The lowest BCUT2D eigenvalue weighted by Gasteiger charge is -2.37. The van der Waals surface area contributed by atoms with Crippen molar-refractivity contribution in [3.8, 4) is 0 Å². The Morgan fingerprint density at radius 1 is 1.13 bits per heavy atom. The van der Waals surface area contributed by atoms with Gasteiger partial charge in [-0.05, 0) is 45.2 Å². The molecule has 3 aliphatic rings. The minimum atomic E-state index is 0.346. The summed E-state index contributed by atoms with van der Waals surface area (Å²) >= 11 is 0. The van der Waals surface area contributed by atoms with Gasteiger partial charge in [0.2, 0.25) is 0 Å². The molecule has 2 heterocycles. The Balaban J connectivity index is 1.69. The summed E-state index contributed by atoms with van der Waals surface area (Å²) in [6.45, 7) is 5.97. The average Bonchev–Trinajstić information content (AvgIpc) is 2.84. The van der Waals surface area contributed by atoms with E-state index in [2.05, 4.69) is 9.80 Å². The van der Waals surface area contributed by atoms with Crippen molar-refractivity contribution in [1.82, 2.24) is 9.80 Å². The van der Waals surface area contributed by atoms with Gasteiger partial charge in [0.1, 0.15) is 0 Å². The van der Waals surface area contributed by atoms with Gasteiger partial charge in [-0.15, -0.1) is 0 Å². The fourth-order valence-electron chi connectivity index (χ4n) is 3.38. The number of nitrogens with zero attached hydrogens (tertiary/aromatic N) is 2. The molecule has 3 rings (SSSR count). The molecule has 0 bridgehead atoms. The standard InChI is InChI=1S/C12H23N3/c13-9-12(15-6-1-2-7-15)5-8-14(10-12)11-3-4-11/h11H,1-10,13H2. The van der Waals surface area contributed by atoms with Crippen LogP contribution in [0.5, 0.6) is 0 Å². The van der Waals surface area contributed by atoms with Crippen molar-refractivity contribution in [3.63, 3.8) is 0 Å². The molecule has 1 atom stereocenters. The molecule has 3 heteroatoms. The van der Waals surface area contributed by atoms with Crippen molar-refractivity contribution in [1.29, 1.82) is 0 Å². The van der Waals surface area contributed by atoms with E-state index in [1.807, 2.05) is 0 Å². The van der Waals surface area contributed by atoms with Crippen LogP contribution >= 0.6 is 0 Å². The fraction of sp³-hybridized carbons (Fsp3) is 1.00. The molecule has 15 heavy (non-hydrogen) atoms. The summed E-state index contributed by atoms with van der Waals surface area (Å²) in [5, 5.41) is 0. The van der Waals surface area contributed by atoms with Gasteiger partial charge in [-0.25, -0.2) is 0 Å². The Morgan fingerprint density at radius 3 is 2.47 bits per heavy atom. The lowest BCUT2D eigenvalue weighted by molar-refractivity contribution is 0.126. The zero-order valence-corrected chi connectivity index (χ0v) is 9.62. The molecule has 3 fully saturated rings. The maximum Gasteiger partial charge on any atom is 0.0470 e. The predicted octanol–water partition coefficient (Wildman–Crippen LogP) is 0.648. The van der Waals surface area contributed by atoms with E-state index in [9.17, 15) is 0 Å². The number of hydrogen-bond donors (Lipinski definition) is 1. The third kappa shape index (κ3) is 1.71. The summed E-state index contributed by atoms with van der Waals surface area (Å²) in [5.41, 5.74) is 6.41. The number of likely N-dealkylation sites (tertiary alicyclic amines) is 2. The fourth-order valence-corrected chi connectivity index (χ4v) is 3.38. The summed E-state index contributed by atoms with van der Waals surface area (Å²) in [6, 6.07) is 0.918. The van der Waals surface area contributed by atoms with Gasteiger partial charge in [-0.2, -0.15) is 0 Å². The summed E-state index contributed by atoms with van der Waals surface area (Å²) in [4.78, 5) is 5.36. The highest BCUT2D eigenvalue weighted by Gasteiger charge is 2.46. The van der Waals surface area contributed by atoms with E-state index < -0.39 is 0 Å². The van der Waals surface area contributed by atoms with Crippen LogP contribution in [-0.4, -0.2) is 54.1 Å². The van der Waals surface area contributed by atoms with E-state index in [1.165, 1.54) is 58.3 Å². The second-order valence-corrected chi connectivity index (χ2v) is 5.57. The van der Waals surface area contributed by atoms with Crippen LogP contribution in [0.4, 0.5) is 0 Å².